The number of nitrogens with one attached hydrogen (secondary N) is 1. The highest BCUT2D eigenvalue weighted by Crippen LogP contribution is 2.37. The zero-order valence-corrected chi connectivity index (χ0v) is 18.3. The number of rotatable bonds is 5. The number of piperazine rings is 1. The van der Waals surface area contributed by atoms with Gasteiger partial charge >= 0.3 is 12.4 Å². The molecule has 11 heteroatoms. The third-order valence-corrected chi connectivity index (χ3v) is 6.13. The Morgan fingerprint density at radius 2 is 1.66 bits per heavy atom. The molecular formula is C24H21F6N3O2. The Labute approximate surface area is 196 Å². The van der Waals surface area contributed by atoms with E-state index in [4.69, 9.17) is 0 Å². The average molecular weight is 497 g/mol. The van der Waals surface area contributed by atoms with E-state index in [0.29, 0.717) is 24.8 Å². The predicted octanol–water partition coefficient (Wildman–Crippen LogP) is 4.77. The van der Waals surface area contributed by atoms with Crippen molar-refractivity contribution in [3.63, 3.8) is 0 Å². The summed E-state index contributed by atoms with van der Waals surface area (Å²) in [6, 6.07) is 7.77. The lowest BCUT2D eigenvalue weighted by molar-refractivity contribution is -0.143. The first-order valence-corrected chi connectivity index (χ1v) is 10.8. The quantitative estimate of drug-likeness (QED) is 0.408. The van der Waals surface area contributed by atoms with Crippen molar-refractivity contribution in [1.82, 2.24) is 14.8 Å². The van der Waals surface area contributed by atoms with E-state index >= 15 is 0 Å². The first-order valence-electron chi connectivity index (χ1n) is 10.8. The largest absolute Gasteiger partial charge is 0.416 e. The number of hydrogen-bond acceptors (Lipinski definition) is 3. The molecular weight excluding hydrogens is 476 g/mol. The van der Waals surface area contributed by atoms with Crippen LogP contribution >= 0.6 is 0 Å². The minimum Gasteiger partial charge on any atom is -0.361 e. The van der Waals surface area contributed by atoms with E-state index in [9.17, 15) is 35.9 Å². The minimum absolute atomic E-state index is 0.00221. The van der Waals surface area contributed by atoms with Crippen LogP contribution in [-0.2, 0) is 23.6 Å². The summed E-state index contributed by atoms with van der Waals surface area (Å²) in [5.41, 5.74) is -2.06. The highest BCUT2D eigenvalue weighted by molar-refractivity contribution is 5.95. The lowest BCUT2D eigenvalue weighted by Gasteiger charge is -2.41. The van der Waals surface area contributed by atoms with Gasteiger partial charge in [-0.3, -0.25) is 9.69 Å². The average Bonchev–Trinajstić information content (AvgIpc) is 3.20. The number of aldehydes is 1. The zero-order valence-electron chi connectivity index (χ0n) is 18.3. The topological polar surface area (TPSA) is 56.4 Å². The Kier molecular flexibility index (Phi) is 6.63. The molecule has 1 saturated heterocycles. The van der Waals surface area contributed by atoms with Crippen LogP contribution in [0.1, 0.15) is 27.0 Å². The molecule has 2 heterocycles. The first-order chi connectivity index (χ1) is 16.5. The number of carbonyl (C=O) groups is 2. The van der Waals surface area contributed by atoms with Gasteiger partial charge in [0.25, 0.3) is 5.91 Å². The van der Waals surface area contributed by atoms with Crippen molar-refractivity contribution in [3.8, 4) is 0 Å². The van der Waals surface area contributed by atoms with Crippen molar-refractivity contribution >= 4 is 23.1 Å². The number of halogens is 6. The van der Waals surface area contributed by atoms with Crippen LogP contribution in [0.3, 0.4) is 0 Å². The molecule has 2 aromatic carbocycles. The first kappa shape index (κ1) is 24.8. The number of nitrogens with zero attached hydrogens (tertiary/aromatic N) is 2. The molecule has 0 unspecified atom stereocenters. The number of para-hydroxylation sites is 1. The molecule has 0 saturated carbocycles. The molecule has 1 aliphatic rings. The van der Waals surface area contributed by atoms with Gasteiger partial charge in [-0.15, -0.1) is 0 Å². The normalized spacial score (nSPS) is 17.7. The minimum atomic E-state index is -5.05. The summed E-state index contributed by atoms with van der Waals surface area (Å²) in [5.74, 6) is -0.919. The van der Waals surface area contributed by atoms with Gasteiger partial charge in [0.2, 0.25) is 0 Å². The van der Waals surface area contributed by atoms with E-state index in [1.807, 2.05) is 24.3 Å². The molecule has 1 N–H and O–H groups in total. The molecule has 0 radical (unpaired) electrons. The van der Waals surface area contributed by atoms with Gasteiger partial charge in [-0.2, -0.15) is 26.3 Å². The summed E-state index contributed by atoms with van der Waals surface area (Å²) in [6.07, 6.45) is -7.33. The zero-order chi connectivity index (χ0) is 25.4. The summed E-state index contributed by atoms with van der Waals surface area (Å²) >= 11 is 0. The predicted molar refractivity (Wildman–Crippen MR) is 116 cm³/mol. The Morgan fingerprint density at radius 3 is 2.29 bits per heavy atom. The summed E-state index contributed by atoms with van der Waals surface area (Å²) in [5, 5.41) is 0.894. The van der Waals surface area contributed by atoms with Crippen molar-refractivity contribution < 1.29 is 35.9 Å². The summed E-state index contributed by atoms with van der Waals surface area (Å²) in [6.45, 7) is 0.667. The molecule has 5 nitrogen and oxygen atoms in total. The fraction of sp³-hybridized carbons (Fsp3) is 0.333. The van der Waals surface area contributed by atoms with Crippen molar-refractivity contribution in [2.45, 2.75) is 24.8 Å². The van der Waals surface area contributed by atoms with E-state index in [-0.39, 0.29) is 32.2 Å². The van der Waals surface area contributed by atoms with Crippen LogP contribution in [0, 0.1) is 0 Å². The number of aromatic amines is 1. The molecule has 0 spiro atoms. The highest BCUT2D eigenvalue weighted by Gasteiger charge is 2.39. The highest BCUT2D eigenvalue weighted by atomic mass is 19.4. The second-order valence-electron chi connectivity index (χ2n) is 8.44. The number of fused-ring (bicyclic) bond motifs is 1. The van der Waals surface area contributed by atoms with E-state index in [0.717, 1.165) is 16.5 Å². The molecule has 1 amide bonds. The number of carbonyl (C=O) groups excluding carboxylic acids is 2. The van der Waals surface area contributed by atoms with E-state index < -0.39 is 41.0 Å². The van der Waals surface area contributed by atoms with Crippen molar-refractivity contribution in [2.24, 2.45) is 0 Å². The van der Waals surface area contributed by atoms with Gasteiger partial charge < -0.3 is 14.7 Å². The van der Waals surface area contributed by atoms with Crippen LogP contribution in [0.4, 0.5) is 26.3 Å². The third kappa shape index (κ3) is 5.34. The molecule has 1 aromatic heterocycles. The number of alkyl halides is 6. The van der Waals surface area contributed by atoms with Crippen molar-refractivity contribution in [1.29, 1.82) is 0 Å². The maximum atomic E-state index is 13.3. The lowest BCUT2D eigenvalue weighted by atomic mass is 9.99. The van der Waals surface area contributed by atoms with E-state index in [1.165, 1.54) is 4.90 Å². The number of hydrogen-bond donors (Lipinski definition) is 1. The number of H-pyrrole nitrogens is 1. The maximum absolute atomic E-state index is 13.3. The summed E-state index contributed by atoms with van der Waals surface area (Å²) in [7, 11) is 0. The molecule has 0 aliphatic carbocycles. The van der Waals surface area contributed by atoms with Gasteiger partial charge in [-0.1, -0.05) is 18.2 Å². The van der Waals surface area contributed by atoms with Crippen LogP contribution in [-0.4, -0.2) is 59.2 Å². The number of amides is 1. The van der Waals surface area contributed by atoms with Crippen LogP contribution in [0.15, 0.2) is 48.7 Å². The fourth-order valence-electron chi connectivity index (χ4n) is 4.43. The van der Waals surface area contributed by atoms with Crippen LogP contribution in [0.25, 0.3) is 10.9 Å². The SMILES string of the molecule is O=CCN1CCN(C(=O)c2cc(C(F)(F)F)cc(C(F)(F)F)c2)[C@H](Cc2c[nH]c3ccccc23)C1. The second-order valence-corrected chi connectivity index (χ2v) is 8.44. The molecule has 0 bridgehead atoms. The van der Waals surface area contributed by atoms with Crippen LogP contribution in [0.2, 0.25) is 0 Å². The molecule has 1 aliphatic heterocycles. The van der Waals surface area contributed by atoms with E-state index in [2.05, 4.69) is 4.98 Å². The standard InChI is InChI=1S/C24H21F6N3O2/c25-23(26,27)17-9-15(10-18(12-17)24(28,29)30)22(35)33-6-5-32(7-8-34)14-19(33)11-16-13-31-21-4-2-1-3-20(16)21/h1-4,8-10,12-13,19,31H,5-7,11,14H2/t19-/m1/s1. The smallest absolute Gasteiger partial charge is 0.361 e. The molecule has 3 aromatic rings. The van der Waals surface area contributed by atoms with Crippen LogP contribution in [0.5, 0.6) is 0 Å². The summed E-state index contributed by atoms with van der Waals surface area (Å²) < 4.78 is 79.9. The van der Waals surface area contributed by atoms with Gasteiger partial charge in [0, 0.05) is 48.3 Å². The van der Waals surface area contributed by atoms with Crippen molar-refractivity contribution in [3.05, 3.63) is 70.9 Å². The van der Waals surface area contributed by atoms with Gasteiger partial charge in [0.15, 0.2) is 0 Å². The lowest BCUT2D eigenvalue weighted by Crippen LogP contribution is -2.56. The fourth-order valence-corrected chi connectivity index (χ4v) is 4.43. The molecule has 1 atom stereocenters. The summed E-state index contributed by atoms with van der Waals surface area (Å²) in [4.78, 5) is 30.6. The number of benzene rings is 2. The molecule has 1 fully saturated rings. The Balaban J connectivity index is 1.70. The van der Waals surface area contributed by atoms with Gasteiger partial charge in [-0.05, 0) is 36.2 Å². The maximum Gasteiger partial charge on any atom is 0.416 e. The monoisotopic (exact) mass is 497 g/mol. The molecule has 35 heavy (non-hydrogen) atoms. The Hall–Kier alpha value is -3.34. The third-order valence-electron chi connectivity index (χ3n) is 6.13. The van der Waals surface area contributed by atoms with Crippen LogP contribution < -0.4 is 0 Å². The number of aromatic nitrogens is 1. The molecule has 4 rings (SSSR count). The van der Waals surface area contributed by atoms with Gasteiger partial charge in [-0.25, -0.2) is 0 Å². The van der Waals surface area contributed by atoms with Gasteiger partial charge in [0.1, 0.15) is 6.29 Å². The molecule has 186 valence electrons. The van der Waals surface area contributed by atoms with E-state index in [1.54, 1.807) is 11.1 Å². The Morgan fingerprint density at radius 1 is 1.00 bits per heavy atom. The second kappa shape index (κ2) is 9.37. The van der Waals surface area contributed by atoms with Gasteiger partial charge in [0.05, 0.1) is 17.7 Å². The Bertz CT molecular complexity index is 1200. The van der Waals surface area contributed by atoms with Crippen molar-refractivity contribution in [2.75, 3.05) is 26.2 Å².